The fraction of sp³-hybridized carbons (Fsp3) is 0.571. The first-order valence-corrected chi connectivity index (χ1v) is 6.40. The molecule has 1 aromatic rings. The fourth-order valence-electron chi connectivity index (χ4n) is 3.23. The molecule has 2 N–H and O–H groups in total. The SMILES string of the molecule is Nc1ccc(CC2CC3CCN2CC3)cc1. The molecule has 3 aliphatic heterocycles. The number of piperidine rings is 3. The molecule has 1 unspecified atom stereocenters. The highest BCUT2D eigenvalue weighted by Gasteiger charge is 2.33. The van der Waals surface area contributed by atoms with E-state index in [0.29, 0.717) is 0 Å². The zero-order valence-electron chi connectivity index (χ0n) is 9.73. The predicted molar refractivity (Wildman–Crippen MR) is 67.3 cm³/mol. The maximum absolute atomic E-state index is 5.71. The third kappa shape index (κ3) is 1.94. The van der Waals surface area contributed by atoms with Gasteiger partial charge in [-0.1, -0.05) is 12.1 Å². The highest BCUT2D eigenvalue weighted by Crippen LogP contribution is 2.33. The van der Waals surface area contributed by atoms with Crippen LogP contribution in [0.25, 0.3) is 0 Å². The van der Waals surface area contributed by atoms with Gasteiger partial charge in [-0.15, -0.1) is 0 Å². The second-order valence-electron chi connectivity index (χ2n) is 5.31. The molecular formula is C14H20N2. The molecule has 1 atom stereocenters. The number of nitrogen functional groups attached to an aromatic ring is 1. The zero-order valence-corrected chi connectivity index (χ0v) is 9.73. The van der Waals surface area contributed by atoms with Crippen molar-refractivity contribution in [1.82, 2.24) is 4.90 Å². The minimum absolute atomic E-state index is 0.788. The molecule has 0 spiro atoms. The molecule has 2 heteroatoms. The molecule has 1 aromatic carbocycles. The van der Waals surface area contributed by atoms with Gasteiger partial charge < -0.3 is 10.6 Å². The van der Waals surface area contributed by atoms with Gasteiger partial charge in [0.05, 0.1) is 0 Å². The molecule has 4 rings (SSSR count). The smallest absolute Gasteiger partial charge is 0.0314 e. The molecule has 3 aliphatic rings. The number of hydrogen-bond acceptors (Lipinski definition) is 2. The second-order valence-corrected chi connectivity index (χ2v) is 5.31. The van der Waals surface area contributed by atoms with Crippen molar-refractivity contribution in [3.8, 4) is 0 Å². The molecular weight excluding hydrogens is 196 g/mol. The number of nitrogens with zero attached hydrogens (tertiary/aromatic N) is 1. The van der Waals surface area contributed by atoms with E-state index in [-0.39, 0.29) is 0 Å². The number of hydrogen-bond donors (Lipinski definition) is 1. The van der Waals surface area contributed by atoms with E-state index < -0.39 is 0 Å². The normalized spacial score (nSPS) is 32.9. The van der Waals surface area contributed by atoms with Crippen LogP contribution in [0.4, 0.5) is 5.69 Å². The van der Waals surface area contributed by atoms with Gasteiger partial charge in [-0.05, 0) is 62.4 Å². The average molecular weight is 216 g/mol. The summed E-state index contributed by atoms with van der Waals surface area (Å²) in [5.74, 6) is 1.00. The maximum Gasteiger partial charge on any atom is 0.0314 e. The molecule has 0 aromatic heterocycles. The Morgan fingerprint density at radius 2 is 1.81 bits per heavy atom. The highest BCUT2D eigenvalue weighted by molar-refractivity contribution is 5.39. The van der Waals surface area contributed by atoms with Gasteiger partial charge in [0.1, 0.15) is 0 Å². The topological polar surface area (TPSA) is 29.3 Å². The fourth-order valence-corrected chi connectivity index (χ4v) is 3.23. The van der Waals surface area contributed by atoms with E-state index >= 15 is 0 Å². The van der Waals surface area contributed by atoms with Crippen LogP contribution in [0.3, 0.4) is 0 Å². The van der Waals surface area contributed by atoms with E-state index in [0.717, 1.165) is 17.6 Å². The summed E-state index contributed by atoms with van der Waals surface area (Å²) in [6, 6.07) is 9.19. The van der Waals surface area contributed by atoms with Crippen molar-refractivity contribution < 1.29 is 0 Å². The van der Waals surface area contributed by atoms with Crippen LogP contribution in [0.2, 0.25) is 0 Å². The van der Waals surface area contributed by atoms with Crippen molar-refractivity contribution in [1.29, 1.82) is 0 Å². The molecule has 0 aliphatic carbocycles. The molecule has 16 heavy (non-hydrogen) atoms. The van der Waals surface area contributed by atoms with Crippen LogP contribution in [0, 0.1) is 5.92 Å². The lowest BCUT2D eigenvalue weighted by atomic mass is 9.81. The van der Waals surface area contributed by atoms with Crippen molar-refractivity contribution in [3.05, 3.63) is 29.8 Å². The summed E-state index contributed by atoms with van der Waals surface area (Å²) in [5.41, 5.74) is 8.02. The summed E-state index contributed by atoms with van der Waals surface area (Å²) in [4.78, 5) is 2.68. The summed E-state index contributed by atoms with van der Waals surface area (Å²) >= 11 is 0. The van der Waals surface area contributed by atoms with Crippen molar-refractivity contribution in [2.75, 3.05) is 18.8 Å². The van der Waals surface area contributed by atoms with E-state index in [1.165, 1.54) is 44.3 Å². The number of nitrogens with two attached hydrogens (primary N) is 1. The first-order valence-electron chi connectivity index (χ1n) is 6.40. The number of fused-ring (bicyclic) bond motifs is 3. The Morgan fingerprint density at radius 3 is 2.38 bits per heavy atom. The maximum atomic E-state index is 5.71. The van der Waals surface area contributed by atoms with E-state index in [2.05, 4.69) is 17.0 Å². The molecule has 86 valence electrons. The highest BCUT2D eigenvalue weighted by atomic mass is 15.2. The summed E-state index contributed by atoms with van der Waals surface area (Å²) in [6.45, 7) is 2.65. The van der Waals surface area contributed by atoms with Gasteiger partial charge in [0, 0.05) is 11.7 Å². The summed E-state index contributed by atoms with van der Waals surface area (Å²) in [5, 5.41) is 0. The molecule has 3 saturated heterocycles. The summed E-state index contributed by atoms with van der Waals surface area (Å²) in [7, 11) is 0. The Morgan fingerprint density at radius 1 is 1.12 bits per heavy atom. The molecule has 2 nitrogen and oxygen atoms in total. The van der Waals surface area contributed by atoms with Crippen LogP contribution >= 0.6 is 0 Å². The average Bonchev–Trinajstić information content (AvgIpc) is 2.34. The minimum atomic E-state index is 0.788. The lowest BCUT2D eigenvalue weighted by molar-refractivity contribution is 0.0498. The lowest BCUT2D eigenvalue weighted by Crippen LogP contribution is -2.49. The predicted octanol–water partition coefficient (Wildman–Crippen LogP) is 2.30. The number of anilines is 1. The first kappa shape index (κ1) is 10.2. The summed E-state index contributed by atoms with van der Waals surface area (Å²) in [6.07, 6.45) is 5.47. The lowest BCUT2D eigenvalue weighted by Gasteiger charge is -2.45. The van der Waals surface area contributed by atoms with E-state index in [1.54, 1.807) is 0 Å². The quantitative estimate of drug-likeness (QED) is 0.769. The Kier molecular flexibility index (Phi) is 2.60. The molecule has 2 bridgehead atoms. The zero-order chi connectivity index (χ0) is 11.0. The Hall–Kier alpha value is -1.02. The van der Waals surface area contributed by atoms with E-state index in [1.807, 2.05) is 12.1 Å². The van der Waals surface area contributed by atoms with Crippen LogP contribution in [0.1, 0.15) is 24.8 Å². The largest absolute Gasteiger partial charge is 0.399 e. The second kappa shape index (κ2) is 4.10. The Balaban J connectivity index is 1.68. The first-order chi connectivity index (χ1) is 7.81. The third-order valence-corrected chi connectivity index (χ3v) is 4.22. The molecule has 0 amide bonds. The third-order valence-electron chi connectivity index (χ3n) is 4.22. The van der Waals surface area contributed by atoms with E-state index in [4.69, 9.17) is 5.73 Å². The molecule has 0 saturated carbocycles. The van der Waals surface area contributed by atoms with Gasteiger partial charge in [0.2, 0.25) is 0 Å². The Labute approximate surface area is 97.4 Å². The minimum Gasteiger partial charge on any atom is -0.399 e. The van der Waals surface area contributed by atoms with Gasteiger partial charge in [0.25, 0.3) is 0 Å². The Bertz CT molecular complexity index is 350. The van der Waals surface area contributed by atoms with Crippen molar-refractivity contribution >= 4 is 5.69 Å². The van der Waals surface area contributed by atoms with Crippen LogP contribution in [-0.2, 0) is 6.42 Å². The summed E-state index contributed by atoms with van der Waals surface area (Å²) < 4.78 is 0. The standard InChI is InChI=1S/C14H20N2/c15-13-3-1-11(2-4-13)9-14-10-12-5-7-16(14)8-6-12/h1-4,12,14H,5-10,15H2. The molecule has 3 heterocycles. The van der Waals surface area contributed by atoms with Gasteiger partial charge in [-0.2, -0.15) is 0 Å². The van der Waals surface area contributed by atoms with Crippen LogP contribution in [0.15, 0.2) is 24.3 Å². The van der Waals surface area contributed by atoms with Crippen LogP contribution in [0.5, 0.6) is 0 Å². The van der Waals surface area contributed by atoms with Crippen molar-refractivity contribution in [2.45, 2.75) is 31.7 Å². The van der Waals surface area contributed by atoms with Gasteiger partial charge in [-0.25, -0.2) is 0 Å². The monoisotopic (exact) mass is 216 g/mol. The van der Waals surface area contributed by atoms with E-state index in [9.17, 15) is 0 Å². The van der Waals surface area contributed by atoms with Gasteiger partial charge >= 0.3 is 0 Å². The van der Waals surface area contributed by atoms with Gasteiger partial charge in [0.15, 0.2) is 0 Å². The molecule has 3 fully saturated rings. The van der Waals surface area contributed by atoms with Gasteiger partial charge in [-0.3, -0.25) is 0 Å². The van der Waals surface area contributed by atoms with Crippen LogP contribution in [-0.4, -0.2) is 24.0 Å². The van der Waals surface area contributed by atoms with Crippen molar-refractivity contribution in [3.63, 3.8) is 0 Å². The number of benzene rings is 1. The number of rotatable bonds is 2. The van der Waals surface area contributed by atoms with Crippen LogP contribution < -0.4 is 5.73 Å². The molecule has 0 radical (unpaired) electrons. The van der Waals surface area contributed by atoms with Crippen molar-refractivity contribution in [2.24, 2.45) is 5.92 Å².